The van der Waals surface area contributed by atoms with Gasteiger partial charge in [-0.1, -0.05) is 39.2 Å². The number of hydrogen-bond acceptors (Lipinski definition) is 7. The van der Waals surface area contributed by atoms with Gasteiger partial charge in [-0.25, -0.2) is 17.9 Å². The number of likely N-dealkylation sites (tertiary alicyclic amines) is 2. The van der Waals surface area contributed by atoms with E-state index in [9.17, 15) is 18.0 Å². The quantitative estimate of drug-likeness (QED) is 0.318. The van der Waals surface area contributed by atoms with Crippen LogP contribution in [0.3, 0.4) is 0 Å². The molecule has 11 nitrogen and oxygen atoms in total. The number of methoxy groups -OCH3 is 2. The van der Waals surface area contributed by atoms with Gasteiger partial charge in [0.2, 0.25) is 15.9 Å². The summed E-state index contributed by atoms with van der Waals surface area (Å²) >= 11 is 0. The Morgan fingerprint density at radius 3 is 2.19 bits per heavy atom. The Morgan fingerprint density at radius 2 is 1.56 bits per heavy atom. The molecule has 3 aromatic rings. The Labute approximate surface area is 306 Å². The van der Waals surface area contributed by atoms with Crippen molar-refractivity contribution in [1.29, 1.82) is 0 Å². The molecular formula is C40H50N4O7S. The van der Waals surface area contributed by atoms with Gasteiger partial charge in [0.15, 0.2) is 0 Å². The number of rotatable bonds is 6. The normalized spacial score (nSPS) is 28.2. The molecule has 1 N–H and O–H groups in total. The summed E-state index contributed by atoms with van der Waals surface area (Å²) in [4.78, 5) is 45.0. The molecule has 4 fully saturated rings. The smallest absolute Gasteiger partial charge is 0.409 e. The molecule has 4 heterocycles. The van der Waals surface area contributed by atoms with Crippen LogP contribution in [0.2, 0.25) is 0 Å². The first-order valence-electron chi connectivity index (χ1n) is 18.7. The Balaban J connectivity index is 1.26. The fraction of sp³-hybridized carbons (Fsp3) is 0.575. The molecule has 2 aliphatic carbocycles. The second kappa shape index (κ2) is 12.0. The molecule has 0 spiro atoms. The number of amides is 3. The van der Waals surface area contributed by atoms with Crippen LogP contribution < -0.4 is 9.46 Å². The lowest BCUT2D eigenvalue weighted by molar-refractivity contribution is -0.137. The first-order chi connectivity index (χ1) is 24.6. The third-order valence-corrected chi connectivity index (χ3v) is 15.1. The standard InChI is InChI=1S/C40H50N4O7S/c1-24(2)52(48,49)41-35(45)26-12-14-29-32(16-26)44-23-40(36(46)42-19-38(3)21-43(37(47)51-6)22-39(38,4)20-42)18-31(40)30-17-27(50-5)13-15-28(30)34(44)33(29)25-10-8-7-9-11-25/h12-17,24-25,31H,7-11,18-23H2,1-6H3,(H,41,45)/t31-,38?,39?,40-/m0/s1. The molecule has 52 heavy (non-hydrogen) atoms. The zero-order valence-electron chi connectivity index (χ0n) is 31.1. The molecule has 2 aromatic carbocycles. The molecule has 278 valence electrons. The minimum atomic E-state index is -3.84. The van der Waals surface area contributed by atoms with Crippen LogP contribution in [0.15, 0.2) is 36.4 Å². The zero-order valence-corrected chi connectivity index (χ0v) is 31.9. The van der Waals surface area contributed by atoms with Crippen molar-refractivity contribution in [3.8, 4) is 17.0 Å². The molecule has 2 unspecified atom stereocenters. The van der Waals surface area contributed by atoms with Crippen LogP contribution in [0.5, 0.6) is 5.75 Å². The van der Waals surface area contributed by atoms with E-state index in [1.807, 2.05) is 23.1 Å². The van der Waals surface area contributed by atoms with Gasteiger partial charge in [0.25, 0.3) is 5.91 Å². The van der Waals surface area contributed by atoms with Crippen LogP contribution in [0, 0.1) is 16.2 Å². The number of nitrogens with one attached hydrogen (secondary N) is 1. The van der Waals surface area contributed by atoms with Gasteiger partial charge in [0, 0.05) is 71.5 Å². The summed E-state index contributed by atoms with van der Waals surface area (Å²) in [6.45, 7) is 10.1. The van der Waals surface area contributed by atoms with E-state index < -0.39 is 26.6 Å². The molecule has 5 aliphatic rings. The van der Waals surface area contributed by atoms with Crippen molar-refractivity contribution in [2.75, 3.05) is 40.4 Å². The summed E-state index contributed by atoms with van der Waals surface area (Å²) in [5.74, 6) is 0.512. The van der Waals surface area contributed by atoms with E-state index in [2.05, 4.69) is 35.3 Å². The topological polar surface area (TPSA) is 127 Å². The first kappa shape index (κ1) is 35.0. The summed E-state index contributed by atoms with van der Waals surface area (Å²) < 4.78 is 40.8. The summed E-state index contributed by atoms with van der Waals surface area (Å²) in [6, 6.07) is 11.8. The molecule has 2 saturated heterocycles. The van der Waals surface area contributed by atoms with Gasteiger partial charge in [-0.2, -0.15) is 0 Å². The largest absolute Gasteiger partial charge is 0.497 e. The van der Waals surface area contributed by atoms with Gasteiger partial charge in [-0.05, 0) is 80.5 Å². The van der Waals surface area contributed by atoms with Gasteiger partial charge in [-0.3, -0.25) is 9.59 Å². The molecule has 2 saturated carbocycles. The lowest BCUT2D eigenvalue weighted by Crippen LogP contribution is -2.42. The number of hydrogen-bond donors (Lipinski definition) is 1. The molecule has 3 aliphatic heterocycles. The molecular weight excluding hydrogens is 681 g/mol. The predicted molar refractivity (Wildman–Crippen MR) is 198 cm³/mol. The minimum absolute atomic E-state index is 0.0189. The molecule has 8 rings (SSSR count). The number of sulfonamides is 1. The summed E-state index contributed by atoms with van der Waals surface area (Å²) in [5.41, 5.74) is 4.40. The number of ether oxygens (including phenoxy) is 2. The number of nitrogens with zero attached hydrogens (tertiary/aromatic N) is 3. The van der Waals surface area contributed by atoms with Crippen LogP contribution in [0.4, 0.5) is 4.79 Å². The highest BCUT2D eigenvalue weighted by Crippen LogP contribution is 2.67. The van der Waals surface area contributed by atoms with Crippen molar-refractivity contribution in [3.05, 3.63) is 53.1 Å². The van der Waals surface area contributed by atoms with Crippen LogP contribution in [-0.2, 0) is 26.1 Å². The molecule has 12 heteroatoms. The molecule has 0 radical (unpaired) electrons. The van der Waals surface area contributed by atoms with Crippen molar-refractivity contribution in [3.63, 3.8) is 0 Å². The maximum absolute atomic E-state index is 15.2. The van der Waals surface area contributed by atoms with Crippen molar-refractivity contribution < 1.29 is 32.3 Å². The third-order valence-electron chi connectivity index (χ3n) is 13.4. The highest BCUT2D eigenvalue weighted by atomic mass is 32.2. The Bertz CT molecular complexity index is 2100. The number of carbonyl (C=O) groups excluding carboxylic acids is 3. The summed E-state index contributed by atoms with van der Waals surface area (Å²) in [7, 11) is -0.761. The van der Waals surface area contributed by atoms with Crippen molar-refractivity contribution in [1.82, 2.24) is 19.1 Å². The van der Waals surface area contributed by atoms with E-state index in [1.165, 1.54) is 19.1 Å². The Kier molecular flexibility index (Phi) is 8.06. The summed E-state index contributed by atoms with van der Waals surface area (Å²) in [5, 5.41) is 0.291. The second-order valence-corrected chi connectivity index (χ2v) is 19.2. The average molecular weight is 731 g/mol. The highest BCUT2D eigenvalue weighted by Gasteiger charge is 2.67. The number of carbonyl (C=O) groups is 3. The maximum atomic E-state index is 15.2. The fourth-order valence-corrected chi connectivity index (χ4v) is 10.7. The number of fused-ring (bicyclic) bond motifs is 8. The Hall–Kier alpha value is -4.06. The lowest BCUT2D eigenvalue weighted by atomic mass is 9.71. The van der Waals surface area contributed by atoms with Gasteiger partial charge >= 0.3 is 6.09 Å². The van der Waals surface area contributed by atoms with Crippen LogP contribution in [0.1, 0.15) is 99.5 Å². The van der Waals surface area contributed by atoms with Crippen molar-refractivity contribution in [2.45, 2.75) is 89.9 Å². The monoisotopic (exact) mass is 730 g/mol. The third kappa shape index (κ3) is 5.17. The molecule has 4 atom stereocenters. The SMILES string of the molecule is COC(=O)N1CC2(C)CN(C(=O)[C@]34C[C@H]3c3cc(OC)ccc3-c3c(C5CCCCC5)c5ccc(C(=O)NS(=O)(=O)C(C)C)cc5n3C4)CC2(C)C1. The predicted octanol–water partition coefficient (Wildman–Crippen LogP) is 6.26. The zero-order chi connectivity index (χ0) is 37.0. The van der Waals surface area contributed by atoms with Crippen LogP contribution in [-0.4, -0.2) is 86.3 Å². The van der Waals surface area contributed by atoms with E-state index in [1.54, 1.807) is 31.9 Å². The van der Waals surface area contributed by atoms with Gasteiger partial charge in [0.05, 0.1) is 30.6 Å². The number of benzene rings is 2. The second-order valence-electron chi connectivity index (χ2n) is 16.9. The molecule has 3 amide bonds. The van der Waals surface area contributed by atoms with E-state index >= 15 is 4.79 Å². The van der Waals surface area contributed by atoms with Crippen LogP contribution in [0.25, 0.3) is 22.2 Å². The lowest BCUT2D eigenvalue weighted by Gasteiger charge is -2.29. The first-order valence-corrected chi connectivity index (χ1v) is 20.2. The average Bonchev–Trinajstić information content (AvgIpc) is 3.61. The number of aromatic nitrogens is 1. The van der Waals surface area contributed by atoms with E-state index in [-0.39, 0.29) is 34.3 Å². The van der Waals surface area contributed by atoms with E-state index in [0.29, 0.717) is 45.1 Å². The maximum Gasteiger partial charge on any atom is 0.409 e. The Morgan fingerprint density at radius 1 is 0.885 bits per heavy atom. The van der Waals surface area contributed by atoms with Crippen LogP contribution >= 0.6 is 0 Å². The molecule has 0 bridgehead atoms. The molecule has 1 aromatic heterocycles. The fourth-order valence-electron chi connectivity index (χ4n) is 10.1. The summed E-state index contributed by atoms with van der Waals surface area (Å²) in [6.07, 6.45) is 5.98. The van der Waals surface area contributed by atoms with Gasteiger partial charge < -0.3 is 23.8 Å². The van der Waals surface area contributed by atoms with E-state index in [4.69, 9.17) is 9.47 Å². The van der Waals surface area contributed by atoms with Gasteiger partial charge in [-0.15, -0.1) is 0 Å². The highest BCUT2D eigenvalue weighted by molar-refractivity contribution is 7.90. The minimum Gasteiger partial charge on any atom is -0.497 e. The van der Waals surface area contributed by atoms with Gasteiger partial charge in [0.1, 0.15) is 5.75 Å². The van der Waals surface area contributed by atoms with E-state index in [0.717, 1.165) is 59.2 Å². The van der Waals surface area contributed by atoms with Crippen molar-refractivity contribution >= 4 is 38.8 Å². The van der Waals surface area contributed by atoms with Crippen molar-refractivity contribution in [2.24, 2.45) is 16.2 Å².